The van der Waals surface area contributed by atoms with Gasteiger partial charge >= 0.3 is 5.69 Å². The van der Waals surface area contributed by atoms with Gasteiger partial charge in [-0.15, -0.1) is 0 Å². The van der Waals surface area contributed by atoms with E-state index < -0.39 is 6.04 Å². The van der Waals surface area contributed by atoms with Gasteiger partial charge in [0.2, 0.25) is 0 Å². The molecule has 0 bridgehead atoms. The number of fused-ring (bicyclic) bond motifs is 1. The maximum Gasteiger partial charge on any atom is 0.328 e. The van der Waals surface area contributed by atoms with E-state index in [0.29, 0.717) is 5.56 Å². The number of nitrogens with two attached hydrogens (primary N) is 1. The van der Waals surface area contributed by atoms with Gasteiger partial charge < -0.3 is 5.73 Å². The highest BCUT2D eigenvalue weighted by Crippen LogP contribution is 2.14. The van der Waals surface area contributed by atoms with E-state index in [-0.39, 0.29) is 11.5 Å². The zero-order valence-corrected chi connectivity index (χ0v) is 10.1. The van der Waals surface area contributed by atoms with Crippen LogP contribution in [0.3, 0.4) is 0 Å². The van der Waals surface area contributed by atoms with E-state index in [4.69, 9.17) is 5.73 Å². The summed E-state index contributed by atoms with van der Waals surface area (Å²) in [5.74, 6) is -0.122. The lowest BCUT2D eigenvalue weighted by atomic mass is 10.1. The zero-order chi connectivity index (χ0) is 12.7. The third-order valence-corrected chi connectivity index (χ3v) is 2.97. The fraction of sp³-hybridized carbons (Fsp3) is 0.333. The highest BCUT2D eigenvalue weighted by Gasteiger charge is 2.14. The molecule has 0 amide bonds. The topological polar surface area (TPSA) is 70.0 Å². The van der Waals surface area contributed by atoms with Crippen LogP contribution in [0.1, 0.15) is 17.3 Å². The largest absolute Gasteiger partial charge is 0.328 e. The van der Waals surface area contributed by atoms with Crippen molar-refractivity contribution < 1.29 is 4.79 Å². The van der Waals surface area contributed by atoms with Gasteiger partial charge in [0.05, 0.1) is 17.1 Å². The quantitative estimate of drug-likeness (QED) is 0.764. The molecule has 0 spiro atoms. The van der Waals surface area contributed by atoms with E-state index in [1.165, 1.54) is 4.57 Å². The molecule has 17 heavy (non-hydrogen) atoms. The van der Waals surface area contributed by atoms with E-state index in [0.717, 1.165) is 11.0 Å². The van der Waals surface area contributed by atoms with Gasteiger partial charge in [-0.2, -0.15) is 0 Å². The molecule has 0 aliphatic heterocycles. The minimum absolute atomic E-state index is 0.106. The Bertz CT molecular complexity index is 650. The van der Waals surface area contributed by atoms with Gasteiger partial charge in [-0.1, -0.05) is 0 Å². The number of Topliss-reactive ketones (excluding diaryl/α,β-unsaturated/α-hetero) is 1. The minimum Gasteiger partial charge on any atom is -0.321 e. The third-order valence-electron chi connectivity index (χ3n) is 2.97. The molecule has 90 valence electrons. The Morgan fingerprint density at radius 2 is 1.82 bits per heavy atom. The average Bonchev–Trinajstić information content (AvgIpc) is 2.53. The third kappa shape index (κ3) is 1.68. The molecule has 1 unspecified atom stereocenters. The number of ketones is 1. The van der Waals surface area contributed by atoms with Crippen molar-refractivity contribution in [2.24, 2.45) is 19.8 Å². The van der Waals surface area contributed by atoms with Crippen LogP contribution in [0.15, 0.2) is 23.0 Å². The van der Waals surface area contributed by atoms with Crippen molar-refractivity contribution in [2.45, 2.75) is 13.0 Å². The number of hydrogen-bond donors (Lipinski definition) is 1. The Labute approximate surface area is 98.4 Å². The second-order valence-corrected chi connectivity index (χ2v) is 4.26. The Hall–Kier alpha value is -1.88. The van der Waals surface area contributed by atoms with Gasteiger partial charge in [0.15, 0.2) is 5.78 Å². The summed E-state index contributed by atoms with van der Waals surface area (Å²) in [6.07, 6.45) is 0. The van der Waals surface area contributed by atoms with Crippen LogP contribution in [0.4, 0.5) is 0 Å². The molecule has 1 aromatic heterocycles. The van der Waals surface area contributed by atoms with Crippen molar-refractivity contribution >= 4 is 16.8 Å². The fourth-order valence-corrected chi connectivity index (χ4v) is 1.92. The molecule has 0 aliphatic carbocycles. The maximum atomic E-state index is 11.8. The average molecular weight is 233 g/mol. The number of benzene rings is 1. The number of nitrogens with zero attached hydrogens (tertiary/aromatic N) is 2. The first-order chi connectivity index (χ1) is 7.93. The molecule has 1 heterocycles. The summed E-state index contributed by atoms with van der Waals surface area (Å²) < 4.78 is 3.07. The number of hydrogen-bond acceptors (Lipinski definition) is 3. The lowest BCUT2D eigenvalue weighted by molar-refractivity contribution is 0.0968. The summed E-state index contributed by atoms with van der Waals surface area (Å²) in [6.45, 7) is 1.65. The number of rotatable bonds is 2. The summed E-state index contributed by atoms with van der Waals surface area (Å²) in [6, 6.07) is 4.65. The van der Waals surface area contributed by atoms with Gasteiger partial charge in [0, 0.05) is 19.7 Å². The first-order valence-electron chi connectivity index (χ1n) is 5.38. The Balaban J connectivity index is 2.71. The molecule has 1 aromatic carbocycles. The second-order valence-electron chi connectivity index (χ2n) is 4.26. The molecule has 2 aromatic rings. The summed E-state index contributed by atoms with van der Waals surface area (Å²) in [5, 5.41) is 0. The smallest absolute Gasteiger partial charge is 0.321 e. The van der Waals surface area contributed by atoms with Crippen molar-refractivity contribution in [3.05, 3.63) is 34.2 Å². The van der Waals surface area contributed by atoms with Crippen LogP contribution in [0, 0.1) is 0 Å². The standard InChI is InChI=1S/C12H15N3O2/c1-7(13)11(16)8-4-5-9-10(6-8)15(3)12(17)14(9)2/h4-7H,13H2,1-3H3. The normalized spacial score (nSPS) is 12.9. The summed E-state index contributed by atoms with van der Waals surface area (Å²) in [4.78, 5) is 23.5. The molecule has 5 nitrogen and oxygen atoms in total. The molecule has 0 saturated carbocycles. The number of carbonyl (C=O) groups excluding carboxylic acids is 1. The molecule has 2 N–H and O–H groups in total. The molecule has 0 radical (unpaired) electrons. The Kier molecular flexibility index (Phi) is 2.63. The van der Waals surface area contributed by atoms with Gasteiger partial charge in [0.1, 0.15) is 0 Å². The zero-order valence-electron chi connectivity index (χ0n) is 10.1. The highest BCUT2D eigenvalue weighted by atomic mass is 16.1. The molecular formula is C12H15N3O2. The van der Waals surface area contributed by atoms with Gasteiger partial charge in [-0.3, -0.25) is 13.9 Å². The number of aromatic nitrogens is 2. The van der Waals surface area contributed by atoms with Gasteiger partial charge in [-0.25, -0.2) is 4.79 Å². The van der Waals surface area contributed by atoms with Crippen molar-refractivity contribution in [3.8, 4) is 0 Å². The Morgan fingerprint density at radius 3 is 2.41 bits per heavy atom. The van der Waals surface area contributed by atoms with Crippen LogP contribution in [0.25, 0.3) is 11.0 Å². The summed E-state index contributed by atoms with van der Waals surface area (Å²) in [7, 11) is 3.39. The van der Waals surface area contributed by atoms with Crippen LogP contribution >= 0.6 is 0 Å². The first kappa shape index (κ1) is 11.6. The molecule has 2 rings (SSSR count). The van der Waals surface area contributed by atoms with Crippen LogP contribution in [0.5, 0.6) is 0 Å². The molecule has 5 heteroatoms. The van der Waals surface area contributed by atoms with Crippen molar-refractivity contribution in [2.75, 3.05) is 0 Å². The lowest BCUT2D eigenvalue weighted by Crippen LogP contribution is -2.26. The summed E-state index contributed by atoms with van der Waals surface area (Å²) >= 11 is 0. The van der Waals surface area contributed by atoms with E-state index in [1.807, 2.05) is 0 Å². The number of imidazole rings is 1. The van der Waals surface area contributed by atoms with Crippen LogP contribution in [-0.2, 0) is 14.1 Å². The predicted octanol–water partition coefficient (Wildman–Crippen LogP) is 0.407. The fourth-order valence-electron chi connectivity index (χ4n) is 1.92. The van der Waals surface area contributed by atoms with E-state index in [1.54, 1.807) is 43.8 Å². The lowest BCUT2D eigenvalue weighted by Gasteiger charge is -2.04. The van der Waals surface area contributed by atoms with E-state index in [9.17, 15) is 9.59 Å². The van der Waals surface area contributed by atoms with Crippen LogP contribution in [0.2, 0.25) is 0 Å². The van der Waals surface area contributed by atoms with E-state index in [2.05, 4.69) is 0 Å². The number of aryl methyl sites for hydroxylation is 2. The maximum absolute atomic E-state index is 11.8. The van der Waals surface area contributed by atoms with Crippen LogP contribution < -0.4 is 11.4 Å². The monoisotopic (exact) mass is 233 g/mol. The van der Waals surface area contributed by atoms with E-state index >= 15 is 0 Å². The van der Waals surface area contributed by atoms with Gasteiger partial charge in [-0.05, 0) is 25.1 Å². The highest BCUT2D eigenvalue weighted by molar-refractivity contribution is 6.02. The second kappa shape index (κ2) is 3.85. The molecule has 0 saturated heterocycles. The van der Waals surface area contributed by atoms with Crippen LogP contribution in [-0.4, -0.2) is 21.0 Å². The summed E-state index contributed by atoms with van der Waals surface area (Å²) in [5.41, 5.74) is 7.54. The Morgan fingerprint density at radius 1 is 1.24 bits per heavy atom. The molecule has 1 atom stereocenters. The molecule has 0 fully saturated rings. The SMILES string of the molecule is CC(N)C(=O)c1ccc2c(c1)n(C)c(=O)n2C. The number of carbonyl (C=O) groups is 1. The van der Waals surface area contributed by atoms with Gasteiger partial charge in [0.25, 0.3) is 0 Å². The van der Waals surface area contributed by atoms with Crippen molar-refractivity contribution in [1.29, 1.82) is 0 Å². The first-order valence-corrected chi connectivity index (χ1v) is 5.38. The van der Waals surface area contributed by atoms with Crippen molar-refractivity contribution in [1.82, 2.24) is 9.13 Å². The minimum atomic E-state index is -0.534. The molecule has 0 aliphatic rings. The predicted molar refractivity (Wildman–Crippen MR) is 66.1 cm³/mol. The van der Waals surface area contributed by atoms with Crippen molar-refractivity contribution in [3.63, 3.8) is 0 Å². The molecular weight excluding hydrogens is 218 g/mol.